The van der Waals surface area contributed by atoms with E-state index in [1.54, 1.807) is 0 Å². The second-order valence-corrected chi connectivity index (χ2v) is 7.50. The van der Waals surface area contributed by atoms with Crippen molar-refractivity contribution in [2.75, 3.05) is 0 Å². The maximum absolute atomic E-state index is 2.30. The predicted octanol–water partition coefficient (Wildman–Crippen LogP) is 4.31. The van der Waals surface area contributed by atoms with E-state index in [0.29, 0.717) is 0 Å². The summed E-state index contributed by atoms with van der Waals surface area (Å²) in [6.45, 7) is 0. The van der Waals surface area contributed by atoms with E-state index in [2.05, 4.69) is 97.1 Å². The topological polar surface area (TPSA) is 0 Å². The van der Waals surface area contributed by atoms with E-state index in [9.17, 15) is 0 Å². The van der Waals surface area contributed by atoms with E-state index in [4.69, 9.17) is 0 Å². The molecule has 1 radical (unpaired) electrons. The number of benzene rings is 3. The number of rotatable bonds is 3. The zero-order chi connectivity index (χ0) is 14.8. The molecule has 0 saturated heterocycles. The molecule has 0 amide bonds. The van der Waals surface area contributed by atoms with Gasteiger partial charge in [0.05, 0.1) is 0 Å². The predicted molar refractivity (Wildman–Crippen MR) is 98.2 cm³/mol. The van der Waals surface area contributed by atoms with Crippen molar-refractivity contribution in [3.05, 3.63) is 97.1 Å². The third-order valence-electron chi connectivity index (χ3n) is 3.93. The van der Waals surface area contributed by atoms with E-state index in [-0.39, 0.29) is 16.8 Å². The molecule has 4 aromatic rings. The van der Waals surface area contributed by atoms with Crippen LogP contribution >= 0.6 is 7.92 Å². The van der Waals surface area contributed by atoms with Crippen LogP contribution < -0.4 is 15.9 Å². The first-order chi connectivity index (χ1) is 10.9. The van der Waals surface area contributed by atoms with E-state index >= 15 is 0 Å². The van der Waals surface area contributed by atoms with Gasteiger partial charge in [-0.25, -0.2) is 0 Å². The molecule has 0 nitrogen and oxygen atoms in total. The summed E-state index contributed by atoms with van der Waals surface area (Å²) in [6.07, 6.45) is 0. The van der Waals surface area contributed by atoms with Crippen molar-refractivity contribution >= 4 is 34.6 Å². The molecule has 0 saturated carbocycles. The molecule has 0 heterocycles. The minimum atomic E-state index is -0.509. The molecule has 0 aliphatic heterocycles. The second kappa shape index (κ2) is 7.19. The van der Waals surface area contributed by atoms with Crippen LogP contribution in [0.3, 0.4) is 0 Å². The first kappa shape index (κ1) is 16.1. The normalized spacial score (nSPS) is 10.7. The second-order valence-electron chi connectivity index (χ2n) is 5.31. The van der Waals surface area contributed by atoms with Crippen molar-refractivity contribution in [2.24, 2.45) is 0 Å². The molecule has 0 aliphatic carbocycles. The van der Waals surface area contributed by atoms with Gasteiger partial charge in [-0.1, -0.05) is 80.0 Å². The van der Waals surface area contributed by atoms with Gasteiger partial charge in [-0.3, -0.25) is 0 Å². The fourth-order valence-electron chi connectivity index (χ4n) is 2.91. The van der Waals surface area contributed by atoms with Crippen LogP contribution in [0.2, 0.25) is 0 Å². The smallest absolute Gasteiger partial charge is 0 e. The van der Waals surface area contributed by atoms with Crippen LogP contribution in [0.5, 0.6) is 0 Å². The molecule has 0 aromatic heterocycles. The van der Waals surface area contributed by atoms with Crippen molar-refractivity contribution in [2.45, 2.75) is 0 Å². The van der Waals surface area contributed by atoms with E-state index in [1.165, 1.54) is 26.7 Å². The summed E-state index contributed by atoms with van der Waals surface area (Å²) < 4.78 is 0. The van der Waals surface area contributed by atoms with Crippen LogP contribution in [0.15, 0.2) is 97.1 Å². The Balaban J connectivity index is 0.00000156. The first-order valence-corrected chi connectivity index (χ1v) is 8.82. The summed E-state index contributed by atoms with van der Waals surface area (Å²) in [6, 6.07) is 35.0. The summed E-state index contributed by atoms with van der Waals surface area (Å²) >= 11 is 0. The van der Waals surface area contributed by atoms with Crippen molar-refractivity contribution in [1.29, 1.82) is 0 Å². The molecule has 0 N–H and O–H groups in total. The molecular formula is C21H16CoP-. The average Bonchev–Trinajstić information content (AvgIpc) is 3.01. The van der Waals surface area contributed by atoms with Crippen LogP contribution in [0.4, 0.5) is 0 Å². The zero-order valence-electron chi connectivity index (χ0n) is 12.5. The van der Waals surface area contributed by atoms with Crippen LogP contribution in [0, 0.1) is 0 Å². The van der Waals surface area contributed by atoms with Gasteiger partial charge in [0.15, 0.2) is 0 Å². The van der Waals surface area contributed by atoms with E-state index in [0.717, 1.165) is 0 Å². The molecule has 0 spiro atoms. The van der Waals surface area contributed by atoms with E-state index < -0.39 is 7.92 Å². The molecule has 0 atom stereocenters. The quantitative estimate of drug-likeness (QED) is 0.378. The van der Waals surface area contributed by atoms with Gasteiger partial charge in [0.25, 0.3) is 0 Å². The maximum Gasteiger partial charge on any atom is 0 e. The fraction of sp³-hybridized carbons (Fsp3) is 0. The third-order valence-corrected chi connectivity index (χ3v) is 6.43. The number of fused-ring (bicyclic) bond motifs is 1. The molecule has 4 aromatic carbocycles. The molecular weight excluding hydrogens is 342 g/mol. The third kappa shape index (κ3) is 3.14. The Morgan fingerprint density at radius 2 is 1.09 bits per heavy atom. The largest absolute Gasteiger partial charge is 0.168 e. The number of hydrogen-bond acceptors (Lipinski definition) is 0. The van der Waals surface area contributed by atoms with Gasteiger partial charge in [-0.2, -0.15) is 6.07 Å². The van der Waals surface area contributed by atoms with Gasteiger partial charge in [0.2, 0.25) is 0 Å². The number of hydrogen-bond donors (Lipinski definition) is 0. The van der Waals surface area contributed by atoms with Gasteiger partial charge in [0, 0.05) is 16.8 Å². The Labute approximate surface area is 148 Å². The van der Waals surface area contributed by atoms with Crippen molar-refractivity contribution in [3.63, 3.8) is 0 Å². The van der Waals surface area contributed by atoms with Crippen LogP contribution in [0.25, 0.3) is 10.8 Å². The van der Waals surface area contributed by atoms with Crippen molar-refractivity contribution < 1.29 is 16.8 Å². The maximum atomic E-state index is 2.30. The summed E-state index contributed by atoms with van der Waals surface area (Å²) in [7, 11) is -0.509. The minimum Gasteiger partial charge on any atom is -0.168 e. The molecule has 23 heavy (non-hydrogen) atoms. The van der Waals surface area contributed by atoms with E-state index in [1.807, 2.05) is 0 Å². The Bertz CT molecular complexity index is 842. The summed E-state index contributed by atoms with van der Waals surface area (Å²) in [4.78, 5) is 0. The molecule has 115 valence electrons. The Hall–Kier alpha value is -1.79. The molecule has 2 heteroatoms. The Kier molecular flexibility index (Phi) is 5.02. The SMILES string of the molecule is [Co].c1ccc(P(c2ccccc2)[c-]2ccc3ccccc32)cc1. The zero-order valence-corrected chi connectivity index (χ0v) is 14.5. The van der Waals surface area contributed by atoms with Crippen LogP contribution in [-0.4, -0.2) is 0 Å². The standard InChI is InChI=1S/C21H16P.Co/c1-3-10-18(11-4-1)22(19-12-5-2-6-13-19)21-16-15-17-9-7-8-14-20(17)21;/h1-16H;/q-1;. The van der Waals surface area contributed by atoms with Crippen molar-refractivity contribution in [1.82, 2.24) is 0 Å². The van der Waals surface area contributed by atoms with Gasteiger partial charge >= 0.3 is 0 Å². The minimum absolute atomic E-state index is 0. The Morgan fingerprint density at radius 3 is 1.70 bits per heavy atom. The Morgan fingerprint density at radius 1 is 0.565 bits per heavy atom. The average molecular weight is 358 g/mol. The molecule has 0 aliphatic rings. The van der Waals surface area contributed by atoms with Crippen molar-refractivity contribution in [3.8, 4) is 0 Å². The summed E-state index contributed by atoms with van der Waals surface area (Å²) in [5, 5.41) is 6.96. The van der Waals surface area contributed by atoms with Crippen LogP contribution in [-0.2, 0) is 16.8 Å². The van der Waals surface area contributed by atoms with Gasteiger partial charge < -0.3 is 0 Å². The molecule has 4 rings (SSSR count). The molecule has 0 unspecified atom stereocenters. The first-order valence-electron chi connectivity index (χ1n) is 7.48. The van der Waals surface area contributed by atoms with Gasteiger partial charge in [-0.15, -0.1) is 35.0 Å². The summed E-state index contributed by atoms with van der Waals surface area (Å²) in [5.41, 5.74) is 0. The summed E-state index contributed by atoms with van der Waals surface area (Å²) in [5.74, 6) is 0. The van der Waals surface area contributed by atoms with Gasteiger partial charge in [0.1, 0.15) is 0 Å². The van der Waals surface area contributed by atoms with Gasteiger partial charge in [-0.05, 0) is 10.6 Å². The molecule has 0 bridgehead atoms. The fourth-order valence-corrected chi connectivity index (χ4v) is 5.37. The monoisotopic (exact) mass is 358 g/mol. The molecule has 0 fully saturated rings. The van der Waals surface area contributed by atoms with Crippen LogP contribution in [0.1, 0.15) is 0 Å².